The molecular weight excluding hydrogens is 520 g/mol. The van der Waals surface area contributed by atoms with Gasteiger partial charge in [-0.1, -0.05) is 27.7 Å². The highest BCUT2D eigenvalue weighted by atomic mass is 32.2. The molecule has 0 radical (unpaired) electrons. The van der Waals surface area contributed by atoms with Gasteiger partial charge in [0.05, 0.1) is 11.9 Å². The van der Waals surface area contributed by atoms with Gasteiger partial charge in [-0.3, -0.25) is 19.2 Å². The first kappa shape index (κ1) is 31.3. The third-order valence-corrected chi connectivity index (χ3v) is 9.99. The molecule has 2 fully saturated rings. The topological polar surface area (TPSA) is 114 Å². The second kappa shape index (κ2) is 12.5. The zero-order valence-electron chi connectivity index (χ0n) is 24.5. The van der Waals surface area contributed by atoms with Gasteiger partial charge >= 0.3 is 11.9 Å². The van der Waals surface area contributed by atoms with Crippen LogP contribution < -0.4 is 0 Å². The van der Waals surface area contributed by atoms with Crippen LogP contribution in [0.4, 0.5) is 0 Å². The van der Waals surface area contributed by atoms with Gasteiger partial charge in [-0.25, -0.2) is 4.98 Å². The Balaban J connectivity index is 2.02. The summed E-state index contributed by atoms with van der Waals surface area (Å²) in [6.07, 6.45) is 5.63. The normalized spacial score (nSPS) is 38.6. The first-order valence-electron chi connectivity index (χ1n) is 13.9. The molecular formula is C29H44N2O7S. The zero-order chi connectivity index (χ0) is 29.1. The Kier molecular flexibility index (Phi) is 10.1. The van der Waals surface area contributed by atoms with E-state index in [1.807, 2.05) is 38.5 Å². The summed E-state index contributed by atoms with van der Waals surface area (Å²) in [6, 6.07) is 0. The van der Waals surface area contributed by atoms with Gasteiger partial charge in [-0.05, 0) is 40.0 Å². The number of carbonyl (C=O) groups excluding carboxylic acids is 4. The second-order valence-electron chi connectivity index (χ2n) is 11.7. The van der Waals surface area contributed by atoms with Crippen LogP contribution in [0.3, 0.4) is 0 Å². The van der Waals surface area contributed by atoms with Gasteiger partial charge in [0, 0.05) is 55.5 Å². The van der Waals surface area contributed by atoms with Crippen molar-refractivity contribution in [3.05, 3.63) is 18.7 Å². The van der Waals surface area contributed by atoms with Crippen molar-refractivity contribution in [3.63, 3.8) is 0 Å². The molecule has 1 aromatic heterocycles. The van der Waals surface area contributed by atoms with Crippen LogP contribution in [0.2, 0.25) is 0 Å². The fraction of sp³-hybridized carbons (Fsp3) is 0.759. The Bertz CT molecular complexity index is 1050. The van der Waals surface area contributed by atoms with Gasteiger partial charge in [-0.15, -0.1) is 11.8 Å². The van der Waals surface area contributed by atoms with Crippen LogP contribution in [0.5, 0.6) is 0 Å². The Morgan fingerprint density at radius 1 is 1.05 bits per heavy atom. The Morgan fingerprint density at radius 3 is 2.26 bits per heavy atom. The molecule has 0 N–H and O–H groups in total. The summed E-state index contributed by atoms with van der Waals surface area (Å²) in [5.41, 5.74) is -1.97. The summed E-state index contributed by atoms with van der Waals surface area (Å²) >= 11 is 1.45. The number of ether oxygens (including phenoxy) is 3. The van der Waals surface area contributed by atoms with E-state index >= 15 is 0 Å². The molecule has 0 saturated carbocycles. The lowest BCUT2D eigenvalue weighted by molar-refractivity contribution is -0.183. The monoisotopic (exact) mass is 564 g/mol. The van der Waals surface area contributed by atoms with E-state index < -0.39 is 58.2 Å². The number of hydrogen-bond donors (Lipinski definition) is 0. The molecule has 0 aliphatic carbocycles. The Morgan fingerprint density at radius 2 is 1.69 bits per heavy atom. The van der Waals surface area contributed by atoms with E-state index in [0.717, 1.165) is 0 Å². The second-order valence-corrected chi connectivity index (χ2v) is 13.0. The quantitative estimate of drug-likeness (QED) is 0.372. The van der Waals surface area contributed by atoms with E-state index in [2.05, 4.69) is 4.98 Å². The minimum atomic E-state index is -1.23. The van der Waals surface area contributed by atoms with Crippen molar-refractivity contribution in [1.82, 2.24) is 9.55 Å². The maximum absolute atomic E-state index is 14.0. The summed E-state index contributed by atoms with van der Waals surface area (Å²) in [4.78, 5) is 57.9. The number of esters is 2. The lowest BCUT2D eigenvalue weighted by Gasteiger charge is -2.41. The van der Waals surface area contributed by atoms with E-state index in [0.29, 0.717) is 31.6 Å². The molecule has 0 amide bonds. The maximum Gasteiger partial charge on any atom is 0.320 e. The first-order chi connectivity index (χ1) is 18.3. The van der Waals surface area contributed by atoms with Crippen LogP contribution in [0.25, 0.3) is 0 Å². The lowest BCUT2D eigenvalue weighted by Crippen LogP contribution is -2.53. The van der Waals surface area contributed by atoms with Gasteiger partial charge in [0.2, 0.25) is 0 Å². The smallest absolute Gasteiger partial charge is 0.320 e. The van der Waals surface area contributed by atoms with E-state index in [1.165, 1.54) is 11.8 Å². The van der Waals surface area contributed by atoms with Crippen molar-refractivity contribution in [3.8, 4) is 0 Å². The predicted octanol–water partition coefficient (Wildman–Crippen LogP) is 4.12. The minimum Gasteiger partial charge on any atom is -0.458 e. The standard InChI is InChI=1S/C29H44N2O7S/c1-9-21-29(7)22(25(27(35)38-29)39-13-12-31-11-10-30-16-31)19(4)23(32)17(2)14-28(6,36-8)15-18(3)24(33)20(5)26(34)37-21/h10-11,16-22,25H,9,12-15H2,1-8H3. The summed E-state index contributed by atoms with van der Waals surface area (Å²) in [5, 5.41) is -0.613. The number of rotatable bonds is 6. The fourth-order valence-corrected chi connectivity index (χ4v) is 7.94. The molecule has 1 aromatic rings. The summed E-state index contributed by atoms with van der Waals surface area (Å²) < 4.78 is 19.7. The number of thioether (sulfide) groups is 1. The first-order valence-corrected chi connectivity index (χ1v) is 15.0. The summed E-state index contributed by atoms with van der Waals surface area (Å²) in [7, 11) is 1.58. The van der Waals surface area contributed by atoms with Crippen LogP contribution in [0.15, 0.2) is 18.7 Å². The van der Waals surface area contributed by atoms with Crippen LogP contribution in [0, 0.1) is 29.6 Å². The number of cyclic esters (lactones) is 1. The number of hydrogen-bond acceptors (Lipinski definition) is 9. The number of fused-ring (bicyclic) bond motifs is 1. The number of aromatic nitrogens is 2. The molecule has 3 rings (SSSR count). The van der Waals surface area contributed by atoms with Crippen LogP contribution in [0.1, 0.15) is 67.7 Å². The number of nitrogens with zero attached hydrogens (tertiary/aromatic N) is 2. The maximum atomic E-state index is 14.0. The van der Waals surface area contributed by atoms with Crippen molar-refractivity contribution >= 4 is 35.3 Å². The molecule has 9 unspecified atom stereocenters. The van der Waals surface area contributed by atoms with Gasteiger partial charge in [-0.2, -0.15) is 0 Å². The van der Waals surface area contributed by atoms with Gasteiger partial charge in [0.15, 0.2) is 5.60 Å². The van der Waals surface area contributed by atoms with E-state index in [4.69, 9.17) is 14.2 Å². The fourth-order valence-electron chi connectivity index (χ4n) is 6.47. The van der Waals surface area contributed by atoms with E-state index in [-0.39, 0.29) is 17.5 Å². The molecule has 39 heavy (non-hydrogen) atoms. The lowest BCUT2D eigenvalue weighted by atomic mass is 9.70. The molecule has 218 valence electrons. The highest BCUT2D eigenvalue weighted by Crippen LogP contribution is 2.48. The number of ketones is 2. The third kappa shape index (κ3) is 6.59. The van der Waals surface area contributed by atoms with Crippen molar-refractivity contribution in [2.45, 2.75) is 96.8 Å². The van der Waals surface area contributed by atoms with Crippen molar-refractivity contribution in [1.29, 1.82) is 0 Å². The largest absolute Gasteiger partial charge is 0.458 e. The number of Topliss-reactive ketones (excluding diaryl/α,β-unsaturated/α-hetero) is 2. The zero-order valence-corrected chi connectivity index (χ0v) is 25.3. The molecule has 3 heterocycles. The Labute approximate surface area is 236 Å². The molecule has 0 spiro atoms. The highest BCUT2D eigenvalue weighted by molar-refractivity contribution is 8.00. The number of aryl methyl sites for hydroxylation is 1. The molecule has 2 aliphatic heterocycles. The third-order valence-electron chi connectivity index (χ3n) is 8.72. The molecule has 10 heteroatoms. The van der Waals surface area contributed by atoms with Gasteiger partial charge in [0.1, 0.15) is 28.8 Å². The van der Waals surface area contributed by atoms with E-state index in [9.17, 15) is 19.2 Å². The van der Waals surface area contributed by atoms with Crippen molar-refractivity contribution < 1.29 is 33.4 Å². The van der Waals surface area contributed by atoms with Crippen LogP contribution in [-0.2, 0) is 39.9 Å². The predicted molar refractivity (Wildman–Crippen MR) is 148 cm³/mol. The molecule has 0 aromatic carbocycles. The van der Waals surface area contributed by atoms with Gasteiger partial charge in [0.25, 0.3) is 0 Å². The molecule has 9 nitrogen and oxygen atoms in total. The summed E-state index contributed by atoms with van der Waals surface area (Å²) in [6.45, 7) is 13.2. The molecule has 2 aliphatic rings. The molecule has 9 atom stereocenters. The highest BCUT2D eigenvalue weighted by Gasteiger charge is 2.61. The average Bonchev–Trinajstić information content (AvgIpc) is 3.50. The summed E-state index contributed by atoms with van der Waals surface area (Å²) in [5.74, 6) is -3.59. The number of methoxy groups -OCH3 is 1. The Hall–Kier alpha value is -2.20. The van der Waals surface area contributed by atoms with Crippen LogP contribution >= 0.6 is 11.8 Å². The van der Waals surface area contributed by atoms with Crippen molar-refractivity contribution in [2.24, 2.45) is 29.6 Å². The average molecular weight is 565 g/mol. The van der Waals surface area contributed by atoms with Gasteiger partial charge < -0.3 is 18.8 Å². The van der Waals surface area contributed by atoms with Crippen LogP contribution in [-0.4, -0.2) is 68.5 Å². The minimum absolute atomic E-state index is 0.00130. The molecule has 0 bridgehead atoms. The number of carbonyl (C=O) groups is 4. The van der Waals surface area contributed by atoms with E-state index in [1.54, 1.807) is 40.4 Å². The molecule has 2 saturated heterocycles. The van der Waals surface area contributed by atoms with Crippen molar-refractivity contribution in [2.75, 3.05) is 12.9 Å². The SMILES string of the molecule is CCC1OC(=O)C(C)C(=O)C(C)CC(C)(OC)CC(C)C(=O)C(C)C2C(SCCn3ccnc3)C(=O)OC12C. The number of imidazole rings is 1.